The van der Waals surface area contributed by atoms with Crippen molar-refractivity contribution in [1.82, 2.24) is 24.3 Å². The molecule has 0 N–H and O–H groups in total. The van der Waals surface area contributed by atoms with Gasteiger partial charge in [0, 0.05) is 24.2 Å². The van der Waals surface area contributed by atoms with Gasteiger partial charge in [0.1, 0.15) is 11.6 Å². The zero-order valence-electron chi connectivity index (χ0n) is 19.5. The molecule has 0 bridgehead atoms. The Morgan fingerprint density at radius 1 is 1.09 bits per heavy atom. The summed E-state index contributed by atoms with van der Waals surface area (Å²) in [4.78, 5) is 9.06. The van der Waals surface area contributed by atoms with Gasteiger partial charge in [-0.05, 0) is 68.1 Å². The highest BCUT2D eigenvalue weighted by Crippen LogP contribution is 2.39. The number of alkyl halides is 3. The predicted molar refractivity (Wildman–Crippen MR) is 128 cm³/mol. The molecule has 2 aromatic carbocycles. The van der Waals surface area contributed by atoms with Crippen LogP contribution < -0.4 is 4.74 Å². The molecule has 0 unspecified atom stereocenters. The summed E-state index contributed by atoms with van der Waals surface area (Å²) in [6.07, 6.45) is 0.790. The first-order valence-corrected chi connectivity index (χ1v) is 11.1. The van der Waals surface area contributed by atoms with Crippen LogP contribution in [0.2, 0.25) is 0 Å². The van der Waals surface area contributed by atoms with E-state index >= 15 is 0 Å². The molecule has 5 rings (SSSR count). The van der Waals surface area contributed by atoms with Gasteiger partial charge in [0.05, 0.1) is 30.4 Å². The quantitative estimate of drug-likeness (QED) is 0.336. The topological polar surface area (TPSA) is 57.8 Å². The van der Waals surface area contributed by atoms with Crippen molar-refractivity contribution in [1.29, 1.82) is 0 Å². The van der Waals surface area contributed by atoms with Crippen LogP contribution in [0.4, 0.5) is 13.2 Å². The van der Waals surface area contributed by atoms with Gasteiger partial charge in [-0.15, -0.1) is 12.4 Å². The second-order valence-electron chi connectivity index (χ2n) is 8.59. The minimum atomic E-state index is -4.39. The molecule has 2 aromatic heterocycles. The van der Waals surface area contributed by atoms with Gasteiger partial charge in [0.2, 0.25) is 0 Å². The summed E-state index contributed by atoms with van der Waals surface area (Å²) in [5.74, 6) is 1.62. The lowest BCUT2D eigenvalue weighted by molar-refractivity contribution is -0.137. The smallest absolute Gasteiger partial charge is 0.416 e. The Bertz CT molecular complexity index is 1360. The largest absolute Gasteiger partial charge is 0.495 e. The molecule has 1 aliphatic heterocycles. The third-order valence-electron chi connectivity index (χ3n) is 6.28. The van der Waals surface area contributed by atoms with E-state index in [4.69, 9.17) is 9.72 Å². The Morgan fingerprint density at radius 3 is 2.57 bits per heavy atom. The lowest BCUT2D eigenvalue weighted by atomic mass is 9.87. The SMILES string of the molecule is COc1cc(-c2nc3n(n2)CCC[C@H]3c2cc(C(F)(F)F)ccc2C)ccc1-n1cnc(C)c1.Cl. The Hall–Kier alpha value is -3.33. The van der Waals surface area contributed by atoms with Crippen molar-refractivity contribution in [2.45, 2.75) is 45.3 Å². The number of nitrogens with zero attached hydrogens (tertiary/aromatic N) is 5. The van der Waals surface area contributed by atoms with Crippen molar-refractivity contribution >= 4 is 12.4 Å². The Morgan fingerprint density at radius 2 is 1.89 bits per heavy atom. The number of ether oxygens (including phenoxy) is 1. The first-order valence-electron chi connectivity index (χ1n) is 11.1. The lowest BCUT2D eigenvalue weighted by Crippen LogP contribution is -2.19. The molecule has 0 radical (unpaired) electrons. The number of aryl methyl sites for hydroxylation is 3. The van der Waals surface area contributed by atoms with Crippen LogP contribution in [0.5, 0.6) is 5.75 Å². The zero-order chi connectivity index (χ0) is 24.0. The van der Waals surface area contributed by atoms with Crippen molar-refractivity contribution in [2.24, 2.45) is 0 Å². The van der Waals surface area contributed by atoms with Crippen molar-refractivity contribution in [3.05, 3.63) is 77.1 Å². The molecule has 4 aromatic rings. The number of benzene rings is 2. The van der Waals surface area contributed by atoms with Crippen LogP contribution in [0.25, 0.3) is 17.1 Å². The van der Waals surface area contributed by atoms with Crippen molar-refractivity contribution in [3.63, 3.8) is 0 Å². The molecule has 0 spiro atoms. The maximum absolute atomic E-state index is 13.4. The summed E-state index contributed by atoms with van der Waals surface area (Å²) in [5.41, 5.74) is 3.34. The van der Waals surface area contributed by atoms with E-state index in [9.17, 15) is 13.2 Å². The Balaban J connectivity index is 0.00000289. The maximum Gasteiger partial charge on any atom is 0.416 e. The number of aromatic nitrogens is 5. The fourth-order valence-electron chi connectivity index (χ4n) is 4.54. The van der Waals surface area contributed by atoms with E-state index in [-0.39, 0.29) is 18.3 Å². The number of hydrogen-bond donors (Lipinski definition) is 0. The number of fused-ring (bicyclic) bond motifs is 1. The van der Waals surface area contributed by atoms with E-state index in [0.29, 0.717) is 29.5 Å². The van der Waals surface area contributed by atoms with Crippen molar-refractivity contribution < 1.29 is 17.9 Å². The minimum absolute atomic E-state index is 0. The third-order valence-corrected chi connectivity index (χ3v) is 6.28. The molecule has 0 amide bonds. The van der Waals surface area contributed by atoms with Gasteiger partial charge in [0.25, 0.3) is 0 Å². The molecule has 0 aliphatic carbocycles. The van der Waals surface area contributed by atoms with E-state index in [0.717, 1.165) is 41.4 Å². The van der Waals surface area contributed by atoms with E-state index < -0.39 is 11.7 Å². The summed E-state index contributed by atoms with van der Waals surface area (Å²) >= 11 is 0. The number of imidazole rings is 1. The fraction of sp³-hybridized carbons (Fsp3) is 0.320. The summed E-state index contributed by atoms with van der Waals surface area (Å²) in [6, 6.07) is 9.64. The molecule has 0 saturated carbocycles. The van der Waals surface area contributed by atoms with E-state index in [1.54, 1.807) is 13.4 Å². The highest BCUT2D eigenvalue weighted by Gasteiger charge is 2.33. The lowest BCUT2D eigenvalue weighted by Gasteiger charge is -2.24. The number of methoxy groups -OCH3 is 1. The molecule has 6 nitrogen and oxygen atoms in total. The molecule has 3 heterocycles. The normalized spacial score (nSPS) is 15.4. The highest BCUT2D eigenvalue weighted by atomic mass is 35.5. The predicted octanol–water partition coefficient (Wildman–Crippen LogP) is 6.12. The van der Waals surface area contributed by atoms with Crippen LogP contribution in [-0.2, 0) is 12.7 Å². The molecule has 0 saturated heterocycles. The van der Waals surface area contributed by atoms with Gasteiger partial charge < -0.3 is 9.30 Å². The molecular formula is C25H25ClF3N5O. The summed E-state index contributed by atoms with van der Waals surface area (Å²) in [7, 11) is 1.60. The summed E-state index contributed by atoms with van der Waals surface area (Å²) in [6.45, 7) is 4.44. The van der Waals surface area contributed by atoms with Crippen LogP contribution in [0, 0.1) is 13.8 Å². The number of rotatable bonds is 4. The van der Waals surface area contributed by atoms with Gasteiger partial charge in [-0.2, -0.15) is 18.3 Å². The summed E-state index contributed by atoms with van der Waals surface area (Å²) < 4.78 is 49.4. The second kappa shape index (κ2) is 9.37. The van der Waals surface area contributed by atoms with Crippen LogP contribution >= 0.6 is 12.4 Å². The maximum atomic E-state index is 13.4. The second-order valence-corrected chi connectivity index (χ2v) is 8.59. The van der Waals surface area contributed by atoms with Gasteiger partial charge >= 0.3 is 6.18 Å². The van der Waals surface area contributed by atoms with Crippen LogP contribution in [0.1, 0.15) is 47.0 Å². The Labute approximate surface area is 207 Å². The zero-order valence-corrected chi connectivity index (χ0v) is 20.3. The molecule has 1 atom stereocenters. The highest BCUT2D eigenvalue weighted by molar-refractivity contribution is 5.85. The third kappa shape index (κ3) is 4.65. The molecule has 10 heteroatoms. The van der Waals surface area contributed by atoms with Gasteiger partial charge in [0.15, 0.2) is 5.82 Å². The monoisotopic (exact) mass is 503 g/mol. The average Bonchev–Trinajstić information content (AvgIpc) is 3.44. The van der Waals surface area contributed by atoms with E-state index in [1.165, 1.54) is 12.1 Å². The van der Waals surface area contributed by atoms with E-state index in [2.05, 4.69) is 10.1 Å². The molecule has 0 fully saturated rings. The van der Waals surface area contributed by atoms with Crippen LogP contribution in [0.15, 0.2) is 48.9 Å². The van der Waals surface area contributed by atoms with Gasteiger partial charge in [-0.25, -0.2) is 14.6 Å². The van der Waals surface area contributed by atoms with Gasteiger partial charge in [-0.3, -0.25) is 0 Å². The first-order chi connectivity index (χ1) is 16.2. The van der Waals surface area contributed by atoms with Crippen LogP contribution in [-0.4, -0.2) is 31.4 Å². The Kier molecular flexibility index (Phi) is 6.64. The molecular weight excluding hydrogens is 479 g/mol. The molecule has 35 heavy (non-hydrogen) atoms. The first kappa shape index (κ1) is 24.8. The molecule has 184 valence electrons. The van der Waals surface area contributed by atoms with Crippen molar-refractivity contribution in [3.8, 4) is 22.8 Å². The average molecular weight is 504 g/mol. The summed E-state index contributed by atoms with van der Waals surface area (Å²) in [5, 5.41) is 4.69. The van der Waals surface area contributed by atoms with Crippen LogP contribution in [0.3, 0.4) is 0 Å². The van der Waals surface area contributed by atoms with Gasteiger partial charge in [-0.1, -0.05) is 6.07 Å². The standard InChI is InChI=1S/C25H24F3N5O.ClH/c1-15-6-8-18(25(26,27)28)12-20(15)19-5-4-10-33-24(19)30-23(31-33)17-7-9-21(22(11-17)34-3)32-13-16(2)29-14-32;/h6-9,11-14,19H,4-5,10H2,1-3H3;1H/t19-;/m0./s1. The molecule has 1 aliphatic rings. The number of halogens is 4. The number of hydrogen-bond acceptors (Lipinski definition) is 4. The minimum Gasteiger partial charge on any atom is -0.495 e. The fourth-order valence-corrected chi connectivity index (χ4v) is 4.54. The van der Waals surface area contributed by atoms with E-state index in [1.807, 2.05) is 47.5 Å². The van der Waals surface area contributed by atoms with Crippen molar-refractivity contribution in [2.75, 3.05) is 7.11 Å².